The second-order valence-corrected chi connectivity index (χ2v) is 8.42. The van der Waals surface area contributed by atoms with Gasteiger partial charge in [-0.3, -0.25) is 14.9 Å². The van der Waals surface area contributed by atoms with Crippen molar-refractivity contribution < 1.29 is 4.79 Å². The molecule has 1 fully saturated rings. The third-order valence-corrected chi connectivity index (χ3v) is 6.48. The summed E-state index contributed by atoms with van der Waals surface area (Å²) >= 11 is 6.24. The SMILES string of the molecule is Cl.NC[C@]1(c2cccc(Cl)c2)CC[C@@H](N(Cc2ccn[nH]2)C(=O)c2cccnc2)CC1. The van der Waals surface area contributed by atoms with E-state index in [9.17, 15) is 4.79 Å². The van der Waals surface area contributed by atoms with Gasteiger partial charge in [0, 0.05) is 41.6 Å². The normalized spacial score (nSPS) is 20.6. The van der Waals surface area contributed by atoms with E-state index in [2.05, 4.69) is 21.2 Å². The maximum absolute atomic E-state index is 13.3. The van der Waals surface area contributed by atoms with Gasteiger partial charge in [0.1, 0.15) is 0 Å². The van der Waals surface area contributed by atoms with Gasteiger partial charge in [-0.2, -0.15) is 5.10 Å². The molecule has 31 heavy (non-hydrogen) atoms. The maximum atomic E-state index is 13.3. The monoisotopic (exact) mass is 459 g/mol. The van der Waals surface area contributed by atoms with Crippen LogP contribution in [0.25, 0.3) is 0 Å². The smallest absolute Gasteiger partial charge is 0.256 e. The fraction of sp³-hybridized carbons (Fsp3) is 0.348. The quantitative estimate of drug-likeness (QED) is 0.572. The zero-order valence-electron chi connectivity index (χ0n) is 17.2. The summed E-state index contributed by atoms with van der Waals surface area (Å²) in [5.74, 6) is -0.00861. The van der Waals surface area contributed by atoms with E-state index in [0.717, 1.165) is 36.4 Å². The van der Waals surface area contributed by atoms with Crippen LogP contribution >= 0.6 is 24.0 Å². The number of aromatic amines is 1. The van der Waals surface area contributed by atoms with Crippen LogP contribution < -0.4 is 5.73 Å². The maximum Gasteiger partial charge on any atom is 0.256 e. The second-order valence-electron chi connectivity index (χ2n) is 7.98. The van der Waals surface area contributed by atoms with Crippen LogP contribution in [0.5, 0.6) is 0 Å². The predicted molar refractivity (Wildman–Crippen MR) is 124 cm³/mol. The van der Waals surface area contributed by atoms with Crippen LogP contribution in [-0.2, 0) is 12.0 Å². The highest BCUT2D eigenvalue weighted by Crippen LogP contribution is 2.41. The lowest BCUT2D eigenvalue weighted by Crippen LogP contribution is -2.47. The molecule has 3 N–H and O–H groups in total. The summed E-state index contributed by atoms with van der Waals surface area (Å²) in [4.78, 5) is 19.4. The summed E-state index contributed by atoms with van der Waals surface area (Å²) in [5, 5.41) is 7.74. The summed E-state index contributed by atoms with van der Waals surface area (Å²) in [5.41, 5.74) is 8.86. The van der Waals surface area contributed by atoms with E-state index in [1.54, 1.807) is 24.7 Å². The highest BCUT2D eigenvalue weighted by molar-refractivity contribution is 6.30. The Labute approximate surface area is 193 Å². The van der Waals surface area contributed by atoms with E-state index >= 15 is 0 Å². The molecule has 0 radical (unpaired) electrons. The topological polar surface area (TPSA) is 87.9 Å². The van der Waals surface area contributed by atoms with Gasteiger partial charge in [0.15, 0.2) is 0 Å². The molecule has 0 aliphatic heterocycles. The zero-order valence-corrected chi connectivity index (χ0v) is 18.8. The largest absolute Gasteiger partial charge is 0.330 e. The average Bonchev–Trinajstić information content (AvgIpc) is 3.31. The molecule has 0 unspecified atom stereocenters. The molecule has 0 atom stereocenters. The number of benzene rings is 1. The fourth-order valence-corrected chi connectivity index (χ4v) is 4.66. The number of nitrogens with two attached hydrogens (primary N) is 1. The molecule has 2 aromatic heterocycles. The molecule has 0 saturated heterocycles. The van der Waals surface area contributed by atoms with Gasteiger partial charge >= 0.3 is 0 Å². The van der Waals surface area contributed by atoms with E-state index in [4.69, 9.17) is 17.3 Å². The van der Waals surface area contributed by atoms with E-state index in [-0.39, 0.29) is 29.8 Å². The van der Waals surface area contributed by atoms with Crippen molar-refractivity contribution in [2.24, 2.45) is 5.73 Å². The van der Waals surface area contributed by atoms with Crippen LogP contribution in [0.3, 0.4) is 0 Å². The molecule has 0 bridgehead atoms. The molecule has 8 heteroatoms. The fourth-order valence-electron chi connectivity index (χ4n) is 4.47. The van der Waals surface area contributed by atoms with Gasteiger partial charge < -0.3 is 10.6 Å². The van der Waals surface area contributed by atoms with Crippen molar-refractivity contribution in [1.82, 2.24) is 20.1 Å². The van der Waals surface area contributed by atoms with E-state index < -0.39 is 0 Å². The van der Waals surface area contributed by atoms with Gasteiger partial charge in [-0.25, -0.2) is 0 Å². The third-order valence-electron chi connectivity index (χ3n) is 6.25. The van der Waals surface area contributed by atoms with E-state index in [1.165, 1.54) is 5.56 Å². The first-order chi connectivity index (χ1) is 14.6. The molecule has 0 spiro atoms. The second kappa shape index (κ2) is 10.3. The lowest BCUT2D eigenvalue weighted by molar-refractivity contribution is 0.0569. The Morgan fingerprint density at radius 1 is 1.19 bits per heavy atom. The molecule has 6 nitrogen and oxygen atoms in total. The van der Waals surface area contributed by atoms with Gasteiger partial charge in [-0.05, 0) is 61.6 Å². The molecule has 1 saturated carbocycles. The molecule has 164 valence electrons. The first kappa shape index (κ1) is 23.3. The number of pyridine rings is 1. The van der Waals surface area contributed by atoms with Crippen LogP contribution in [0.4, 0.5) is 0 Å². The lowest BCUT2D eigenvalue weighted by atomic mass is 9.68. The number of halogens is 2. The molecule has 1 amide bonds. The predicted octanol–water partition coefficient (Wildman–Crippen LogP) is 4.36. The van der Waals surface area contributed by atoms with Gasteiger partial charge in [0.2, 0.25) is 0 Å². The number of carbonyl (C=O) groups is 1. The van der Waals surface area contributed by atoms with Gasteiger partial charge in [-0.1, -0.05) is 23.7 Å². The zero-order chi connectivity index (χ0) is 21.0. The number of hydrogen-bond donors (Lipinski definition) is 2. The van der Waals surface area contributed by atoms with Gasteiger partial charge in [-0.15, -0.1) is 12.4 Å². The Balaban J connectivity index is 0.00000272. The van der Waals surface area contributed by atoms with Gasteiger partial charge in [0.25, 0.3) is 5.91 Å². The Kier molecular flexibility index (Phi) is 7.70. The number of nitrogens with zero attached hydrogens (tertiary/aromatic N) is 3. The molecule has 4 rings (SSSR count). The Morgan fingerprint density at radius 2 is 2.00 bits per heavy atom. The molecule has 1 aromatic carbocycles. The molecule has 2 heterocycles. The number of carbonyl (C=O) groups excluding carboxylic acids is 1. The number of H-pyrrole nitrogens is 1. The van der Waals surface area contributed by atoms with Crippen molar-refractivity contribution in [2.75, 3.05) is 6.54 Å². The first-order valence-electron chi connectivity index (χ1n) is 10.3. The summed E-state index contributed by atoms with van der Waals surface area (Å²) in [6, 6.07) is 13.6. The Morgan fingerprint density at radius 3 is 2.61 bits per heavy atom. The van der Waals surface area contributed by atoms with Crippen LogP contribution in [-0.4, -0.2) is 38.6 Å². The number of aromatic nitrogens is 3. The number of nitrogens with one attached hydrogen (secondary N) is 1. The summed E-state index contributed by atoms with van der Waals surface area (Å²) in [6.45, 7) is 1.06. The molecule has 1 aliphatic carbocycles. The van der Waals surface area contributed by atoms with Crippen LogP contribution in [0.2, 0.25) is 5.02 Å². The molecular weight excluding hydrogens is 433 g/mol. The molecule has 3 aromatic rings. The lowest BCUT2D eigenvalue weighted by Gasteiger charge is -2.43. The first-order valence-corrected chi connectivity index (χ1v) is 10.6. The minimum atomic E-state index is -0.0988. The van der Waals surface area contributed by atoms with Crippen LogP contribution in [0.1, 0.15) is 47.3 Å². The van der Waals surface area contributed by atoms with Gasteiger partial charge in [0.05, 0.1) is 17.8 Å². The van der Waals surface area contributed by atoms with Crippen molar-refractivity contribution in [2.45, 2.75) is 43.7 Å². The summed E-state index contributed by atoms with van der Waals surface area (Å²) in [6.07, 6.45) is 8.59. The van der Waals surface area contributed by atoms with E-state index in [0.29, 0.717) is 18.7 Å². The third kappa shape index (κ3) is 5.09. The number of rotatable bonds is 6. The van der Waals surface area contributed by atoms with Crippen molar-refractivity contribution in [1.29, 1.82) is 0 Å². The van der Waals surface area contributed by atoms with Crippen molar-refractivity contribution in [3.8, 4) is 0 Å². The van der Waals surface area contributed by atoms with Crippen LogP contribution in [0, 0.1) is 0 Å². The Hall–Kier alpha value is -2.41. The Bertz CT molecular complexity index is 973. The molecule has 1 aliphatic rings. The van der Waals surface area contributed by atoms with Crippen LogP contribution in [0.15, 0.2) is 61.1 Å². The van der Waals surface area contributed by atoms with Crippen molar-refractivity contribution in [3.05, 3.63) is 82.9 Å². The number of hydrogen-bond acceptors (Lipinski definition) is 4. The highest BCUT2D eigenvalue weighted by Gasteiger charge is 2.39. The average molecular weight is 460 g/mol. The van der Waals surface area contributed by atoms with Crippen molar-refractivity contribution >= 4 is 29.9 Å². The number of amides is 1. The van der Waals surface area contributed by atoms with Crippen molar-refractivity contribution in [3.63, 3.8) is 0 Å². The summed E-state index contributed by atoms with van der Waals surface area (Å²) < 4.78 is 0. The standard InChI is InChI=1S/C23H26ClN5O.ClH/c24-19-5-1-4-18(13-19)23(16-25)9-6-21(7-10-23)29(15-20-8-12-27-28-20)22(30)17-3-2-11-26-14-17;/h1-5,8,11-14,21H,6-7,9-10,15-16,25H2,(H,27,28);1H/t21-,23+;. The highest BCUT2D eigenvalue weighted by atomic mass is 35.5. The molecular formula is C23H27Cl2N5O. The summed E-state index contributed by atoms with van der Waals surface area (Å²) in [7, 11) is 0. The minimum Gasteiger partial charge on any atom is -0.330 e. The minimum absolute atomic E-state index is 0. The van der Waals surface area contributed by atoms with E-state index in [1.807, 2.05) is 35.2 Å².